The Hall–Kier alpha value is -4.33. The number of pyridine rings is 1. The first kappa shape index (κ1) is 20.0. The van der Waals surface area contributed by atoms with Crippen LogP contribution in [0.15, 0.2) is 84.2 Å². The van der Waals surface area contributed by atoms with Crippen LogP contribution in [0.1, 0.15) is 21.6 Å². The molecular weight excluding hydrogens is 397 g/mol. The Morgan fingerprint density at radius 3 is 2.58 bits per heavy atom. The van der Waals surface area contributed by atoms with E-state index in [1.54, 1.807) is 29.9 Å². The lowest BCUT2D eigenvalue weighted by Crippen LogP contribution is -2.17. The highest BCUT2D eigenvalue weighted by Gasteiger charge is 2.18. The van der Waals surface area contributed by atoms with Gasteiger partial charge in [0.15, 0.2) is 0 Å². The molecule has 7 nitrogen and oxygen atoms in total. The molecule has 2 heterocycles. The van der Waals surface area contributed by atoms with Gasteiger partial charge < -0.3 is 4.74 Å². The highest BCUT2D eigenvalue weighted by molar-refractivity contribution is 5.94. The second kappa shape index (κ2) is 9.00. The summed E-state index contributed by atoms with van der Waals surface area (Å²) in [6, 6.07) is 18.4. The van der Waals surface area contributed by atoms with E-state index in [1.165, 1.54) is 36.7 Å². The van der Waals surface area contributed by atoms with Crippen LogP contribution in [0.4, 0.5) is 4.39 Å². The van der Waals surface area contributed by atoms with Gasteiger partial charge in [-0.15, -0.1) is 0 Å². The van der Waals surface area contributed by atoms with Crippen LogP contribution < -0.4 is 10.2 Å². The quantitative estimate of drug-likeness (QED) is 0.377. The summed E-state index contributed by atoms with van der Waals surface area (Å²) in [6.07, 6.45) is 4.50. The van der Waals surface area contributed by atoms with Crippen molar-refractivity contribution in [1.29, 1.82) is 0 Å². The lowest BCUT2D eigenvalue weighted by atomic mass is 10.2. The number of hydrazone groups is 1. The summed E-state index contributed by atoms with van der Waals surface area (Å²) in [5.41, 5.74) is 4.85. The zero-order valence-electron chi connectivity index (χ0n) is 16.6. The number of para-hydroxylation sites is 1. The van der Waals surface area contributed by atoms with Crippen molar-refractivity contribution in [3.63, 3.8) is 0 Å². The number of aryl methyl sites for hydroxylation is 1. The van der Waals surface area contributed by atoms with Crippen molar-refractivity contribution < 1.29 is 13.9 Å². The van der Waals surface area contributed by atoms with Crippen LogP contribution in [0.2, 0.25) is 0 Å². The molecule has 0 aliphatic carbocycles. The van der Waals surface area contributed by atoms with Gasteiger partial charge in [0.2, 0.25) is 5.88 Å². The summed E-state index contributed by atoms with van der Waals surface area (Å²) in [4.78, 5) is 16.1. The number of carbonyl (C=O) groups excluding carboxylic acids is 1. The molecule has 0 atom stereocenters. The van der Waals surface area contributed by atoms with Gasteiger partial charge in [-0.1, -0.05) is 18.2 Å². The van der Waals surface area contributed by atoms with Crippen molar-refractivity contribution in [3.05, 3.63) is 102 Å². The number of nitrogens with one attached hydrogen (secondary N) is 1. The first-order valence-electron chi connectivity index (χ1n) is 9.44. The predicted molar refractivity (Wildman–Crippen MR) is 114 cm³/mol. The van der Waals surface area contributed by atoms with Crippen LogP contribution >= 0.6 is 0 Å². The van der Waals surface area contributed by atoms with Gasteiger partial charge in [-0.05, 0) is 55.5 Å². The number of halogens is 1. The summed E-state index contributed by atoms with van der Waals surface area (Å²) in [5.74, 6) is 0.0701. The van der Waals surface area contributed by atoms with Crippen LogP contribution in [0, 0.1) is 12.7 Å². The molecule has 0 radical (unpaired) electrons. The Kier molecular flexibility index (Phi) is 5.79. The summed E-state index contributed by atoms with van der Waals surface area (Å²) >= 11 is 0. The molecule has 4 rings (SSSR count). The number of nitrogens with zero attached hydrogens (tertiary/aromatic N) is 4. The summed E-state index contributed by atoms with van der Waals surface area (Å²) in [7, 11) is 0. The van der Waals surface area contributed by atoms with Gasteiger partial charge in [-0.3, -0.25) is 9.78 Å². The Labute approximate surface area is 177 Å². The van der Waals surface area contributed by atoms with E-state index >= 15 is 0 Å². The lowest BCUT2D eigenvalue weighted by Gasteiger charge is -2.10. The first-order chi connectivity index (χ1) is 15.1. The van der Waals surface area contributed by atoms with Gasteiger partial charge in [0, 0.05) is 12.4 Å². The van der Waals surface area contributed by atoms with Crippen LogP contribution in [-0.2, 0) is 0 Å². The molecule has 2 aromatic carbocycles. The number of hydrogen-bond acceptors (Lipinski definition) is 5. The molecule has 0 saturated heterocycles. The van der Waals surface area contributed by atoms with Gasteiger partial charge in [-0.2, -0.15) is 14.9 Å². The average molecular weight is 415 g/mol. The van der Waals surface area contributed by atoms with Gasteiger partial charge in [0.05, 0.1) is 28.7 Å². The zero-order chi connectivity index (χ0) is 21.6. The van der Waals surface area contributed by atoms with E-state index < -0.39 is 5.91 Å². The fourth-order valence-corrected chi connectivity index (χ4v) is 2.84. The van der Waals surface area contributed by atoms with E-state index in [9.17, 15) is 9.18 Å². The maximum atomic E-state index is 13.3. The third-order valence-electron chi connectivity index (χ3n) is 4.37. The fraction of sp³-hybridized carbons (Fsp3) is 0.0435. The highest BCUT2D eigenvalue weighted by atomic mass is 19.1. The molecule has 1 amide bonds. The Balaban J connectivity index is 1.66. The van der Waals surface area contributed by atoms with Crippen LogP contribution in [0.5, 0.6) is 11.6 Å². The molecule has 0 saturated carbocycles. The largest absolute Gasteiger partial charge is 0.438 e. The minimum Gasteiger partial charge on any atom is -0.438 e. The van der Waals surface area contributed by atoms with Crippen molar-refractivity contribution in [3.8, 4) is 17.3 Å². The molecule has 4 aromatic rings. The van der Waals surface area contributed by atoms with E-state index in [1.807, 2.05) is 30.3 Å². The molecule has 154 valence electrons. The molecule has 0 fully saturated rings. The van der Waals surface area contributed by atoms with Gasteiger partial charge in [0.1, 0.15) is 11.6 Å². The molecule has 1 N–H and O–H groups in total. The first-order valence-corrected chi connectivity index (χ1v) is 9.44. The molecule has 0 aliphatic heterocycles. The van der Waals surface area contributed by atoms with E-state index in [0.29, 0.717) is 28.5 Å². The fourth-order valence-electron chi connectivity index (χ4n) is 2.84. The SMILES string of the molecule is Cc1nn(-c2ccccc2)c(Oc2ccc(F)cc2)c1C=NNC(=O)c1cccnc1. The third kappa shape index (κ3) is 4.64. The molecule has 0 unspecified atom stereocenters. The average Bonchev–Trinajstić information content (AvgIpc) is 3.11. The number of rotatable bonds is 6. The summed E-state index contributed by atoms with van der Waals surface area (Å²) in [6.45, 7) is 1.81. The van der Waals surface area contributed by atoms with E-state index in [-0.39, 0.29) is 5.82 Å². The van der Waals surface area contributed by atoms with Crippen LogP contribution in [-0.4, -0.2) is 26.9 Å². The number of benzene rings is 2. The zero-order valence-corrected chi connectivity index (χ0v) is 16.6. The van der Waals surface area contributed by atoms with Crippen LogP contribution in [0.3, 0.4) is 0 Å². The Morgan fingerprint density at radius 1 is 1.10 bits per heavy atom. The summed E-state index contributed by atoms with van der Waals surface area (Å²) in [5, 5.41) is 8.61. The molecule has 31 heavy (non-hydrogen) atoms. The second-order valence-corrected chi connectivity index (χ2v) is 6.55. The Morgan fingerprint density at radius 2 is 1.87 bits per heavy atom. The van der Waals surface area contributed by atoms with Gasteiger partial charge >= 0.3 is 0 Å². The number of aromatic nitrogens is 3. The normalized spacial score (nSPS) is 10.9. The lowest BCUT2D eigenvalue weighted by molar-refractivity contribution is 0.0954. The van der Waals surface area contributed by atoms with Crippen molar-refractivity contribution in [2.75, 3.05) is 0 Å². The minimum absolute atomic E-state index is 0.361. The maximum Gasteiger partial charge on any atom is 0.272 e. The van der Waals surface area contributed by atoms with Crippen molar-refractivity contribution in [2.24, 2.45) is 5.10 Å². The standard InChI is InChI=1S/C23H18FN5O2/c1-16-21(15-26-27-22(30)17-6-5-13-25-14-17)23(31-20-11-9-18(24)10-12-20)29(28-16)19-7-3-2-4-8-19/h2-15H,1H3,(H,27,30). The van der Waals surface area contributed by atoms with Crippen molar-refractivity contribution in [2.45, 2.75) is 6.92 Å². The van der Waals surface area contributed by atoms with Gasteiger partial charge in [0.25, 0.3) is 5.91 Å². The molecule has 2 aromatic heterocycles. The summed E-state index contributed by atoms with van der Waals surface area (Å²) < 4.78 is 21.0. The maximum absolute atomic E-state index is 13.3. The van der Waals surface area contributed by atoms with Crippen molar-refractivity contribution >= 4 is 12.1 Å². The number of amides is 1. The highest BCUT2D eigenvalue weighted by Crippen LogP contribution is 2.29. The Bertz CT molecular complexity index is 1210. The monoisotopic (exact) mass is 415 g/mol. The second-order valence-electron chi connectivity index (χ2n) is 6.55. The van der Waals surface area contributed by atoms with Crippen molar-refractivity contribution in [1.82, 2.24) is 20.2 Å². The molecule has 0 bridgehead atoms. The van der Waals surface area contributed by atoms with E-state index in [2.05, 4.69) is 20.6 Å². The third-order valence-corrected chi connectivity index (χ3v) is 4.37. The van der Waals surface area contributed by atoms with E-state index in [0.717, 1.165) is 5.69 Å². The minimum atomic E-state index is -0.390. The number of carbonyl (C=O) groups is 1. The topological polar surface area (TPSA) is 81.4 Å². The van der Waals surface area contributed by atoms with E-state index in [4.69, 9.17) is 4.74 Å². The smallest absolute Gasteiger partial charge is 0.272 e. The van der Waals surface area contributed by atoms with Crippen LogP contribution in [0.25, 0.3) is 5.69 Å². The number of ether oxygens (including phenoxy) is 1. The van der Waals surface area contributed by atoms with Gasteiger partial charge in [-0.25, -0.2) is 9.82 Å². The molecule has 0 aliphatic rings. The predicted octanol–water partition coefficient (Wildman–Crippen LogP) is 4.27. The molecular formula is C23H18FN5O2. The molecule has 0 spiro atoms. The molecule has 8 heteroatoms. The number of hydrogen-bond donors (Lipinski definition) is 1.